The molecule has 1 aromatic heterocycles. The molecule has 366 valence electrons. The fraction of sp³-hybridized carbons (Fsp3) is 0.551. The van der Waals surface area contributed by atoms with Crippen LogP contribution < -0.4 is 31.9 Å². The zero-order valence-corrected chi connectivity index (χ0v) is 42.3. The zero-order chi connectivity index (χ0) is 49.6. The molecule has 16 nitrogen and oxygen atoms in total. The van der Waals surface area contributed by atoms with Crippen LogP contribution in [-0.2, 0) is 28.7 Å². The number of thiocarbonyl (C=S) groups is 1. The summed E-state index contributed by atoms with van der Waals surface area (Å²) >= 11 is 7.05. The number of amides is 4. The molecule has 0 spiro atoms. The number of para-hydroxylation sites is 1. The lowest BCUT2D eigenvalue weighted by atomic mass is 9.82. The molecule has 0 aliphatic carbocycles. The van der Waals surface area contributed by atoms with Gasteiger partial charge in [-0.1, -0.05) is 118 Å². The van der Waals surface area contributed by atoms with Crippen LogP contribution in [0, 0.1) is 22.7 Å². The van der Waals surface area contributed by atoms with E-state index in [0.717, 1.165) is 17.7 Å². The van der Waals surface area contributed by atoms with Gasteiger partial charge in [-0.25, -0.2) is 4.98 Å². The highest BCUT2D eigenvalue weighted by molar-refractivity contribution is 7.80. The van der Waals surface area contributed by atoms with Gasteiger partial charge >= 0.3 is 5.97 Å². The summed E-state index contributed by atoms with van der Waals surface area (Å²) in [4.78, 5) is 81.4. The van der Waals surface area contributed by atoms with Gasteiger partial charge in [-0.2, -0.15) is 0 Å². The summed E-state index contributed by atoms with van der Waals surface area (Å²) in [5, 5.41) is 31.4. The van der Waals surface area contributed by atoms with Crippen LogP contribution in [0.25, 0.3) is 0 Å². The number of nitrogens with one attached hydrogen (secondary N) is 6. The Balaban J connectivity index is 1.63. The SMILES string of the molecule is COC(=O)C[C@@H](NC(=O)[C@@H](NC(=O)C(NC(=NCCO)C(NC(=O)C(NC(=O)C1C(C)CCN1C(=S)Nc1ccccc1)C(C)C)C(C)(C)C)C(C)(C)C)C(C)c1ccccc1)c1nccs1. The fourth-order valence-electron chi connectivity index (χ4n) is 7.93. The van der Waals surface area contributed by atoms with Crippen LogP contribution in [0.5, 0.6) is 0 Å². The highest BCUT2D eigenvalue weighted by Gasteiger charge is 2.43. The van der Waals surface area contributed by atoms with E-state index >= 15 is 0 Å². The Labute approximate surface area is 405 Å². The normalized spacial score (nSPS) is 18.1. The number of methoxy groups -OCH3 is 1. The third-order valence-electron chi connectivity index (χ3n) is 11.8. The van der Waals surface area contributed by atoms with Crippen molar-refractivity contribution in [3.8, 4) is 0 Å². The molecule has 1 aliphatic rings. The maximum Gasteiger partial charge on any atom is 0.308 e. The number of nitrogens with zero attached hydrogens (tertiary/aromatic N) is 3. The van der Waals surface area contributed by atoms with Gasteiger partial charge in [0.05, 0.1) is 38.8 Å². The molecule has 1 saturated heterocycles. The molecule has 7 N–H and O–H groups in total. The molecule has 0 saturated carbocycles. The van der Waals surface area contributed by atoms with Gasteiger partial charge < -0.3 is 46.6 Å². The van der Waals surface area contributed by atoms with E-state index in [9.17, 15) is 29.1 Å². The van der Waals surface area contributed by atoms with E-state index in [2.05, 4.69) is 36.9 Å². The van der Waals surface area contributed by atoms with Gasteiger partial charge in [0.25, 0.3) is 0 Å². The number of hydrogen-bond donors (Lipinski definition) is 7. The molecule has 2 aromatic carbocycles. The van der Waals surface area contributed by atoms with Gasteiger partial charge in [-0.05, 0) is 59.0 Å². The first-order valence-corrected chi connectivity index (χ1v) is 24.1. The Kier molecular flexibility index (Phi) is 19.8. The monoisotopic (exact) mass is 961 g/mol. The van der Waals surface area contributed by atoms with Gasteiger partial charge in [-0.15, -0.1) is 11.3 Å². The summed E-state index contributed by atoms with van der Waals surface area (Å²) in [6.07, 6.45) is 2.14. The molecule has 4 amide bonds. The quantitative estimate of drug-likeness (QED) is 0.0352. The van der Waals surface area contributed by atoms with Gasteiger partial charge in [0, 0.05) is 29.7 Å². The maximum atomic E-state index is 14.8. The van der Waals surface area contributed by atoms with Crippen molar-refractivity contribution < 1.29 is 33.8 Å². The number of anilines is 1. The summed E-state index contributed by atoms with van der Waals surface area (Å²) in [7, 11) is 1.27. The van der Waals surface area contributed by atoms with Gasteiger partial charge in [-0.3, -0.25) is 29.0 Å². The van der Waals surface area contributed by atoms with Crippen molar-refractivity contribution in [1.82, 2.24) is 36.5 Å². The zero-order valence-electron chi connectivity index (χ0n) is 40.7. The van der Waals surface area contributed by atoms with Gasteiger partial charge in [0.15, 0.2) is 5.11 Å². The molecule has 3 aromatic rings. The number of thiazole rings is 1. The first-order chi connectivity index (χ1) is 31.6. The molecule has 6 unspecified atom stereocenters. The minimum absolute atomic E-state index is 0.0451. The smallest absolute Gasteiger partial charge is 0.308 e. The second-order valence-electron chi connectivity index (χ2n) is 19.6. The molecule has 18 heteroatoms. The highest BCUT2D eigenvalue weighted by Crippen LogP contribution is 2.29. The van der Waals surface area contributed by atoms with Crippen LogP contribution in [0.2, 0.25) is 0 Å². The Morgan fingerprint density at radius 2 is 1.46 bits per heavy atom. The number of likely N-dealkylation sites (tertiary alicyclic amines) is 1. The average molecular weight is 962 g/mol. The number of aliphatic hydroxyl groups is 1. The number of aliphatic imine (C=N–C) groups is 1. The number of carbonyl (C=O) groups is 5. The van der Waals surface area contributed by atoms with E-state index < -0.39 is 76.7 Å². The van der Waals surface area contributed by atoms with E-state index in [1.165, 1.54) is 18.4 Å². The predicted octanol–water partition coefficient (Wildman–Crippen LogP) is 5.33. The number of ether oxygens (including phenoxy) is 1. The summed E-state index contributed by atoms with van der Waals surface area (Å²) in [6.45, 7) is 19.1. The molecular weight excluding hydrogens is 891 g/mol. The lowest BCUT2D eigenvalue weighted by Gasteiger charge is -2.39. The lowest BCUT2D eigenvalue weighted by Crippen LogP contribution is -2.64. The Bertz CT molecular complexity index is 2140. The summed E-state index contributed by atoms with van der Waals surface area (Å²) < 4.78 is 4.93. The van der Waals surface area contributed by atoms with Crippen LogP contribution in [0.15, 0.2) is 77.2 Å². The second-order valence-corrected chi connectivity index (χ2v) is 20.9. The summed E-state index contributed by atoms with van der Waals surface area (Å²) in [5.74, 6) is -3.10. The summed E-state index contributed by atoms with van der Waals surface area (Å²) in [5.41, 5.74) is 0.0619. The van der Waals surface area contributed by atoms with E-state index in [0.29, 0.717) is 16.7 Å². The first-order valence-electron chi connectivity index (χ1n) is 22.8. The molecule has 67 heavy (non-hydrogen) atoms. The number of hydrogen-bond acceptors (Lipinski definition) is 11. The van der Waals surface area contributed by atoms with E-state index in [4.69, 9.17) is 21.9 Å². The first kappa shape index (κ1) is 54.1. The van der Waals surface area contributed by atoms with Crippen molar-refractivity contribution >= 4 is 69.8 Å². The Hall–Kier alpha value is -5.46. The van der Waals surface area contributed by atoms with Gasteiger partial charge in [0.1, 0.15) is 35.0 Å². The van der Waals surface area contributed by atoms with E-state index in [1.54, 1.807) is 11.6 Å². The summed E-state index contributed by atoms with van der Waals surface area (Å²) in [6, 6.07) is 13.4. The largest absolute Gasteiger partial charge is 0.469 e. The van der Waals surface area contributed by atoms with Crippen molar-refractivity contribution in [2.75, 3.05) is 32.1 Å². The van der Waals surface area contributed by atoms with E-state index in [1.807, 2.05) is 135 Å². The van der Waals surface area contributed by atoms with Crippen LogP contribution in [0.1, 0.15) is 105 Å². The standard InChI is InChI=1S/C49H71N9O7S2/c1-29(2)36(54-44(63)38-30(3)22-25-58(38)47(66)52-33-20-16-13-17-21-33)42(61)57-39(48(5,6)7)41(50-23-26-59)56-40(49(8,9)10)45(64)55-37(31(4)32-18-14-12-15-19-32)43(62)53-34(28-35(60)65-11)46-51-24-27-67-46/h12-21,24,27,29-31,34,36-40,59H,22-23,25-26,28H2,1-11H3,(H,50,56)(H,52,66)(H,53,62)(H,54,63)(H,55,64)(H,57,61)/t30?,31?,34-,36?,37+,38?,39?,40?/m1/s1. The highest BCUT2D eigenvalue weighted by atomic mass is 32.1. The lowest BCUT2D eigenvalue weighted by molar-refractivity contribution is -0.141. The predicted molar refractivity (Wildman–Crippen MR) is 267 cm³/mol. The van der Waals surface area contributed by atoms with Crippen molar-refractivity contribution in [3.05, 3.63) is 82.8 Å². The van der Waals surface area contributed by atoms with Crippen molar-refractivity contribution in [1.29, 1.82) is 0 Å². The molecule has 8 atom stereocenters. The van der Waals surface area contributed by atoms with Gasteiger partial charge in [0.2, 0.25) is 23.6 Å². The van der Waals surface area contributed by atoms with E-state index in [-0.39, 0.29) is 43.2 Å². The van der Waals surface area contributed by atoms with Crippen molar-refractivity contribution in [3.63, 3.8) is 0 Å². The van der Waals surface area contributed by atoms with Crippen molar-refractivity contribution in [2.24, 2.45) is 27.7 Å². The van der Waals surface area contributed by atoms with Crippen LogP contribution in [0.3, 0.4) is 0 Å². The maximum absolute atomic E-state index is 14.8. The second kappa shape index (κ2) is 24.5. The number of aromatic nitrogens is 1. The number of benzene rings is 2. The number of rotatable bonds is 19. The minimum atomic E-state index is -1.13. The Morgan fingerprint density at radius 1 is 0.851 bits per heavy atom. The Morgan fingerprint density at radius 3 is 2.01 bits per heavy atom. The minimum Gasteiger partial charge on any atom is -0.469 e. The molecular formula is C49H71N9O7S2. The molecule has 0 bridgehead atoms. The third kappa shape index (κ3) is 15.3. The molecule has 2 heterocycles. The molecule has 1 aliphatic heterocycles. The van der Waals surface area contributed by atoms with Crippen LogP contribution in [-0.4, -0.2) is 113 Å². The number of esters is 1. The molecule has 1 fully saturated rings. The third-order valence-corrected chi connectivity index (χ3v) is 13.0. The average Bonchev–Trinajstić information content (AvgIpc) is 3.96. The number of aliphatic hydroxyl groups excluding tert-OH is 1. The molecule has 4 rings (SSSR count). The topological polar surface area (TPSA) is 215 Å². The number of carbonyl (C=O) groups excluding carboxylic acids is 5. The number of amidine groups is 1. The van der Waals surface area contributed by atoms with Crippen LogP contribution >= 0.6 is 23.6 Å². The molecule has 0 radical (unpaired) electrons. The van der Waals surface area contributed by atoms with Crippen LogP contribution in [0.4, 0.5) is 5.69 Å². The fourth-order valence-corrected chi connectivity index (χ4v) is 8.94. The van der Waals surface area contributed by atoms with Crippen molar-refractivity contribution in [2.45, 2.75) is 124 Å².